The molecule has 0 saturated carbocycles. The van der Waals surface area contributed by atoms with Gasteiger partial charge in [0, 0.05) is 25.8 Å². The van der Waals surface area contributed by atoms with Crippen LogP contribution in [0.15, 0.2) is 29.2 Å². The zero-order valence-electron chi connectivity index (χ0n) is 13.1. The third-order valence-corrected chi connectivity index (χ3v) is 4.57. The number of carbonyl (C=O) groups excluding carboxylic acids is 1. The summed E-state index contributed by atoms with van der Waals surface area (Å²) in [6.45, 7) is 3.33. The predicted molar refractivity (Wildman–Crippen MR) is 85.4 cm³/mol. The molecule has 1 rings (SSSR count). The van der Waals surface area contributed by atoms with Crippen molar-refractivity contribution in [3.05, 3.63) is 29.8 Å². The van der Waals surface area contributed by atoms with Gasteiger partial charge in [-0.2, -0.15) is 0 Å². The second kappa shape index (κ2) is 9.55. The molecular formula is C15H24N2O4S. The molecule has 0 bridgehead atoms. The minimum atomic E-state index is -3.51. The lowest BCUT2D eigenvalue weighted by Crippen LogP contribution is -2.27. The molecule has 0 radical (unpaired) electrons. The average molecular weight is 328 g/mol. The Hall–Kier alpha value is -1.44. The van der Waals surface area contributed by atoms with Crippen LogP contribution in [0.3, 0.4) is 0 Å². The number of hydrogen-bond acceptors (Lipinski definition) is 4. The van der Waals surface area contributed by atoms with Crippen LogP contribution in [0.5, 0.6) is 0 Å². The van der Waals surface area contributed by atoms with E-state index in [4.69, 9.17) is 4.74 Å². The Morgan fingerprint density at radius 1 is 1.14 bits per heavy atom. The minimum Gasteiger partial charge on any atom is -0.383 e. The summed E-state index contributed by atoms with van der Waals surface area (Å²) < 4.78 is 31.5. The van der Waals surface area contributed by atoms with Crippen LogP contribution in [0, 0.1) is 0 Å². The maximum absolute atomic E-state index is 12.1. The fraction of sp³-hybridized carbons (Fsp3) is 0.533. The molecule has 0 aliphatic carbocycles. The molecule has 0 fully saturated rings. The predicted octanol–water partition coefficient (Wildman–Crippen LogP) is 1.53. The molecule has 0 unspecified atom stereocenters. The SMILES string of the molecule is CCCCCNS(=O)(=O)c1ccc(C(=O)NCCOC)cc1. The average Bonchev–Trinajstić information content (AvgIpc) is 2.52. The number of hydrogen-bond donors (Lipinski definition) is 2. The molecule has 22 heavy (non-hydrogen) atoms. The van der Waals surface area contributed by atoms with Crippen molar-refractivity contribution in [2.45, 2.75) is 31.1 Å². The molecule has 0 aliphatic rings. The van der Waals surface area contributed by atoms with Gasteiger partial charge in [-0.3, -0.25) is 4.79 Å². The summed E-state index contributed by atoms with van der Waals surface area (Å²) in [5.74, 6) is -0.253. The number of amides is 1. The number of ether oxygens (including phenoxy) is 1. The first-order chi connectivity index (χ1) is 10.5. The maximum atomic E-state index is 12.1. The number of sulfonamides is 1. The first-order valence-corrected chi connectivity index (χ1v) is 8.86. The number of rotatable bonds is 10. The smallest absolute Gasteiger partial charge is 0.251 e. The zero-order chi connectivity index (χ0) is 16.4. The summed E-state index contributed by atoms with van der Waals surface area (Å²) in [5.41, 5.74) is 0.418. The Morgan fingerprint density at radius 3 is 2.41 bits per heavy atom. The molecule has 0 aromatic heterocycles. The lowest BCUT2D eigenvalue weighted by molar-refractivity contribution is 0.0937. The molecule has 124 valence electrons. The van der Waals surface area contributed by atoms with E-state index in [1.54, 1.807) is 7.11 Å². The highest BCUT2D eigenvalue weighted by atomic mass is 32.2. The van der Waals surface area contributed by atoms with E-state index in [9.17, 15) is 13.2 Å². The van der Waals surface area contributed by atoms with Gasteiger partial charge in [0.1, 0.15) is 0 Å². The van der Waals surface area contributed by atoms with E-state index in [1.807, 2.05) is 0 Å². The van der Waals surface area contributed by atoms with Crippen LogP contribution in [0.25, 0.3) is 0 Å². The van der Waals surface area contributed by atoms with Gasteiger partial charge < -0.3 is 10.1 Å². The van der Waals surface area contributed by atoms with Crippen molar-refractivity contribution in [1.82, 2.24) is 10.0 Å². The van der Waals surface area contributed by atoms with E-state index < -0.39 is 10.0 Å². The Morgan fingerprint density at radius 2 is 1.82 bits per heavy atom. The quantitative estimate of drug-likeness (QED) is 0.638. The van der Waals surface area contributed by atoms with E-state index >= 15 is 0 Å². The number of methoxy groups -OCH3 is 1. The summed E-state index contributed by atoms with van der Waals surface area (Å²) in [7, 11) is -1.95. The van der Waals surface area contributed by atoms with Crippen molar-refractivity contribution < 1.29 is 17.9 Å². The molecule has 1 aromatic rings. The summed E-state index contributed by atoms with van der Waals surface area (Å²) in [4.78, 5) is 12.0. The fourth-order valence-corrected chi connectivity index (χ4v) is 2.89. The zero-order valence-corrected chi connectivity index (χ0v) is 13.9. The molecule has 7 heteroatoms. The van der Waals surface area contributed by atoms with E-state index in [2.05, 4.69) is 17.0 Å². The third-order valence-electron chi connectivity index (χ3n) is 3.09. The van der Waals surface area contributed by atoms with Gasteiger partial charge in [-0.1, -0.05) is 19.8 Å². The normalized spacial score (nSPS) is 11.4. The van der Waals surface area contributed by atoms with Crippen LogP contribution in [-0.2, 0) is 14.8 Å². The Kier molecular flexibility index (Phi) is 8.08. The van der Waals surface area contributed by atoms with Crippen molar-refractivity contribution in [1.29, 1.82) is 0 Å². The molecule has 0 saturated heterocycles. The van der Waals surface area contributed by atoms with Crippen LogP contribution in [0.4, 0.5) is 0 Å². The van der Waals surface area contributed by atoms with Gasteiger partial charge in [0.25, 0.3) is 5.91 Å². The van der Waals surface area contributed by atoms with Crippen molar-refractivity contribution in [3.63, 3.8) is 0 Å². The van der Waals surface area contributed by atoms with Crippen molar-refractivity contribution >= 4 is 15.9 Å². The first kappa shape index (κ1) is 18.6. The third kappa shape index (κ3) is 6.13. The highest BCUT2D eigenvalue weighted by molar-refractivity contribution is 7.89. The van der Waals surface area contributed by atoms with Crippen LogP contribution in [-0.4, -0.2) is 41.1 Å². The lowest BCUT2D eigenvalue weighted by atomic mass is 10.2. The fourth-order valence-electron chi connectivity index (χ4n) is 1.82. The number of benzene rings is 1. The van der Waals surface area contributed by atoms with E-state index in [-0.39, 0.29) is 10.8 Å². The Bertz CT molecular complexity index is 555. The van der Waals surface area contributed by atoms with Crippen molar-refractivity contribution in [3.8, 4) is 0 Å². The van der Waals surface area contributed by atoms with E-state index in [0.717, 1.165) is 19.3 Å². The van der Waals surface area contributed by atoms with Gasteiger partial charge in [-0.15, -0.1) is 0 Å². The van der Waals surface area contributed by atoms with Gasteiger partial charge in [0.05, 0.1) is 11.5 Å². The van der Waals surface area contributed by atoms with E-state index in [0.29, 0.717) is 25.3 Å². The standard InChI is InChI=1S/C15H24N2O4S/c1-3-4-5-10-17-22(19,20)14-8-6-13(7-9-14)15(18)16-11-12-21-2/h6-9,17H,3-5,10-12H2,1-2H3,(H,16,18). The van der Waals surface area contributed by atoms with Crippen molar-refractivity contribution in [2.24, 2.45) is 0 Å². The molecule has 2 N–H and O–H groups in total. The largest absolute Gasteiger partial charge is 0.383 e. The number of carbonyl (C=O) groups is 1. The Balaban J connectivity index is 2.61. The highest BCUT2D eigenvalue weighted by Gasteiger charge is 2.14. The first-order valence-electron chi connectivity index (χ1n) is 7.38. The van der Waals surface area contributed by atoms with Crippen LogP contribution >= 0.6 is 0 Å². The highest BCUT2D eigenvalue weighted by Crippen LogP contribution is 2.10. The second-order valence-electron chi connectivity index (χ2n) is 4.88. The number of nitrogens with one attached hydrogen (secondary N) is 2. The molecule has 1 amide bonds. The van der Waals surface area contributed by atoms with Gasteiger partial charge in [-0.05, 0) is 30.7 Å². The van der Waals surface area contributed by atoms with Crippen LogP contribution in [0.2, 0.25) is 0 Å². The molecule has 0 aliphatic heterocycles. The van der Waals surface area contributed by atoms with Crippen LogP contribution < -0.4 is 10.0 Å². The molecule has 0 spiro atoms. The summed E-state index contributed by atoms with van der Waals surface area (Å²) in [5, 5.41) is 2.68. The van der Waals surface area contributed by atoms with Gasteiger partial charge in [-0.25, -0.2) is 13.1 Å². The Labute approximate surface area is 132 Å². The molecular weight excluding hydrogens is 304 g/mol. The molecule has 6 nitrogen and oxygen atoms in total. The van der Waals surface area contributed by atoms with E-state index in [1.165, 1.54) is 24.3 Å². The summed E-state index contributed by atoms with van der Waals surface area (Å²) in [6, 6.07) is 5.88. The lowest BCUT2D eigenvalue weighted by Gasteiger charge is -2.08. The molecule has 1 aromatic carbocycles. The maximum Gasteiger partial charge on any atom is 0.251 e. The number of unbranched alkanes of at least 4 members (excludes halogenated alkanes) is 2. The van der Waals surface area contributed by atoms with Gasteiger partial charge in [0.15, 0.2) is 0 Å². The minimum absolute atomic E-state index is 0.164. The topological polar surface area (TPSA) is 84.5 Å². The van der Waals surface area contributed by atoms with Gasteiger partial charge >= 0.3 is 0 Å². The monoisotopic (exact) mass is 328 g/mol. The summed E-state index contributed by atoms with van der Waals surface area (Å²) >= 11 is 0. The molecule has 0 atom stereocenters. The second-order valence-corrected chi connectivity index (χ2v) is 6.64. The molecule has 0 heterocycles. The van der Waals surface area contributed by atoms with Crippen LogP contribution in [0.1, 0.15) is 36.5 Å². The van der Waals surface area contributed by atoms with Gasteiger partial charge in [0.2, 0.25) is 10.0 Å². The summed E-state index contributed by atoms with van der Waals surface area (Å²) in [6.07, 6.45) is 2.84. The van der Waals surface area contributed by atoms with Crippen molar-refractivity contribution in [2.75, 3.05) is 26.8 Å².